The Bertz CT molecular complexity index is 1140. The molecule has 37 heavy (non-hydrogen) atoms. The quantitative estimate of drug-likeness (QED) is 0.610. The first-order valence-electron chi connectivity index (χ1n) is 12.4. The second-order valence-electron chi connectivity index (χ2n) is 11.9. The van der Waals surface area contributed by atoms with Gasteiger partial charge in [-0.3, -0.25) is 9.69 Å². The van der Waals surface area contributed by atoms with Crippen LogP contribution in [0.4, 0.5) is 13.2 Å². The summed E-state index contributed by atoms with van der Waals surface area (Å²) in [5, 5.41) is 6.69. The molecule has 1 N–H and O–H groups in total. The molecule has 0 bridgehead atoms. The predicted molar refractivity (Wildman–Crippen MR) is 131 cm³/mol. The van der Waals surface area contributed by atoms with E-state index in [0.29, 0.717) is 16.9 Å². The fourth-order valence-electron chi connectivity index (χ4n) is 4.40. The highest BCUT2D eigenvalue weighted by molar-refractivity contribution is 6.62. The number of halogens is 3. The SMILES string of the molecule is CC(C)(C)c1nc(C(=O)NC2CCN(CC(F)(F)F)Cc3cc(B4OC(C)(C)C(C)(C)O4)ccc32)no1. The zero-order valence-electron chi connectivity index (χ0n) is 22.3. The van der Waals surface area contributed by atoms with Crippen LogP contribution in [0.5, 0.6) is 0 Å². The van der Waals surface area contributed by atoms with E-state index < -0.39 is 48.4 Å². The fourth-order valence-corrected chi connectivity index (χ4v) is 4.40. The fraction of sp³-hybridized carbons (Fsp3) is 0.640. The summed E-state index contributed by atoms with van der Waals surface area (Å²) in [4.78, 5) is 18.5. The first kappa shape index (κ1) is 27.6. The normalized spacial score (nSPS) is 22.0. The Morgan fingerprint density at radius 2 is 1.81 bits per heavy atom. The Morgan fingerprint density at radius 3 is 2.38 bits per heavy atom. The van der Waals surface area contributed by atoms with Crippen LogP contribution < -0.4 is 10.8 Å². The van der Waals surface area contributed by atoms with E-state index in [9.17, 15) is 18.0 Å². The summed E-state index contributed by atoms with van der Waals surface area (Å²) in [6, 6.07) is 4.95. The molecule has 0 saturated carbocycles. The van der Waals surface area contributed by atoms with Crippen molar-refractivity contribution in [3.63, 3.8) is 0 Å². The number of carbonyl (C=O) groups excluding carboxylic acids is 1. The van der Waals surface area contributed by atoms with Crippen LogP contribution in [0.25, 0.3) is 0 Å². The Balaban J connectivity index is 1.62. The summed E-state index contributed by atoms with van der Waals surface area (Å²) >= 11 is 0. The van der Waals surface area contributed by atoms with Gasteiger partial charge in [-0.05, 0) is 50.7 Å². The van der Waals surface area contributed by atoms with Crippen LogP contribution in [0.15, 0.2) is 22.7 Å². The lowest BCUT2D eigenvalue weighted by Crippen LogP contribution is -2.41. The lowest BCUT2D eigenvalue weighted by molar-refractivity contribution is -0.147. The van der Waals surface area contributed by atoms with Crippen molar-refractivity contribution in [1.29, 1.82) is 0 Å². The highest BCUT2D eigenvalue weighted by Crippen LogP contribution is 2.37. The molecular formula is C25H34BF3N4O4. The number of nitrogens with one attached hydrogen (secondary N) is 1. The average molecular weight is 522 g/mol. The molecule has 2 aromatic rings. The van der Waals surface area contributed by atoms with Gasteiger partial charge in [0.25, 0.3) is 11.7 Å². The lowest BCUT2D eigenvalue weighted by Gasteiger charge is -2.32. The molecule has 8 nitrogen and oxygen atoms in total. The highest BCUT2D eigenvalue weighted by Gasteiger charge is 2.52. The second-order valence-corrected chi connectivity index (χ2v) is 11.9. The summed E-state index contributed by atoms with van der Waals surface area (Å²) in [5.74, 6) is -0.339. The molecule has 3 heterocycles. The van der Waals surface area contributed by atoms with Gasteiger partial charge in [0.15, 0.2) is 0 Å². The number of fused-ring (bicyclic) bond motifs is 1. The summed E-state index contributed by atoms with van der Waals surface area (Å²) in [6.07, 6.45) is -4.06. The molecule has 2 aliphatic heterocycles. The van der Waals surface area contributed by atoms with Crippen LogP contribution in [0.3, 0.4) is 0 Å². The molecule has 1 aromatic carbocycles. The highest BCUT2D eigenvalue weighted by atomic mass is 19.4. The maximum Gasteiger partial charge on any atom is 0.494 e. The zero-order valence-corrected chi connectivity index (χ0v) is 22.3. The first-order chi connectivity index (χ1) is 17.0. The van der Waals surface area contributed by atoms with E-state index in [1.54, 1.807) is 0 Å². The molecule has 0 aliphatic carbocycles. The largest absolute Gasteiger partial charge is 0.494 e. The number of benzene rings is 1. The van der Waals surface area contributed by atoms with Gasteiger partial charge >= 0.3 is 13.3 Å². The van der Waals surface area contributed by atoms with Gasteiger partial charge in [-0.25, -0.2) is 0 Å². The van der Waals surface area contributed by atoms with E-state index in [2.05, 4.69) is 15.5 Å². The maximum absolute atomic E-state index is 13.3. The minimum atomic E-state index is -4.35. The third-order valence-corrected chi connectivity index (χ3v) is 7.17. The standard InChI is InChI=1S/C25H34BF3N4O4/c1-22(2,3)21-31-19(32-35-21)20(34)30-18-10-11-33(14-25(27,28)29)13-15-12-16(8-9-17(15)18)26-36-23(4,5)24(6,7)37-26/h8-9,12,18H,10-11,13-14H2,1-7H3,(H,30,34). The molecule has 4 rings (SSSR count). The van der Waals surface area contributed by atoms with Crippen LogP contribution >= 0.6 is 0 Å². The van der Waals surface area contributed by atoms with E-state index in [4.69, 9.17) is 13.8 Å². The molecule has 1 unspecified atom stereocenters. The van der Waals surface area contributed by atoms with Gasteiger partial charge in [0.1, 0.15) is 0 Å². The Morgan fingerprint density at radius 1 is 1.16 bits per heavy atom. The smallest absolute Gasteiger partial charge is 0.399 e. The van der Waals surface area contributed by atoms with Crippen molar-refractivity contribution < 1.29 is 31.8 Å². The Kier molecular flexibility index (Phi) is 7.00. The molecule has 1 fully saturated rings. The van der Waals surface area contributed by atoms with Crippen LogP contribution in [0.1, 0.15) is 88.6 Å². The van der Waals surface area contributed by atoms with E-state index >= 15 is 0 Å². The number of carbonyl (C=O) groups is 1. The van der Waals surface area contributed by atoms with Gasteiger partial charge in [0, 0.05) is 18.5 Å². The lowest BCUT2D eigenvalue weighted by atomic mass is 9.77. The average Bonchev–Trinajstić information content (AvgIpc) is 3.28. The molecule has 202 valence electrons. The molecule has 1 atom stereocenters. The van der Waals surface area contributed by atoms with Gasteiger partial charge in [-0.15, -0.1) is 0 Å². The van der Waals surface area contributed by atoms with E-state index in [1.165, 1.54) is 4.90 Å². The van der Waals surface area contributed by atoms with Crippen LogP contribution in [-0.4, -0.2) is 58.5 Å². The van der Waals surface area contributed by atoms with Crippen molar-refractivity contribution >= 4 is 18.5 Å². The molecular weight excluding hydrogens is 488 g/mol. The maximum atomic E-state index is 13.3. The minimum Gasteiger partial charge on any atom is -0.399 e. The number of aromatic nitrogens is 2. The van der Waals surface area contributed by atoms with Gasteiger partial charge in [-0.2, -0.15) is 18.2 Å². The minimum absolute atomic E-state index is 0.0743. The number of nitrogens with zero attached hydrogens (tertiary/aromatic N) is 3. The number of amides is 1. The van der Waals surface area contributed by atoms with Gasteiger partial charge in [0.05, 0.1) is 23.8 Å². The Labute approximate surface area is 215 Å². The van der Waals surface area contributed by atoms with Crippen molar-refractivity contribution in [2.24, 2.45) is 0 Å². The first-order valence-corrected chi connectivity index (χ1v) is 12.4. The van der Waals surface area contributed by atoms with Gasteiger partial charge < -0.3 is 19.1 Å². The zero-order chi connectivity index (χ0) is 27.4. The third kappa shape index (κ3) is 6.01. The molecule has 12 heteroatoms. The van der Waals surface area contributed by atoms with Crippen molar-refractivity contribution in [1.82, 2.24) is 20.4 Å². The molecule has 1 aromatic heterocycles. The van der Waals surface area contributed by atoms with Gasteiger partial charge in [-0.1, -0.05) is 44.1 Å². The monoisotopic (exact) mass is 522 g/mol. The van der Waals surface area contributed by atoms with Crippen LogP contribution in [-0.2, 0) is 21.3 Å². The van der Waals surface area contributed by atoms with Crippen molar-refractivity contribution in [2.75, 3.05) is 13.1 Å². The summed E-state index contributed by atoms with van der Waals surface area (Å²) < 4.78 is 57.4. The molecule has 1 saturated heterocycles. The summed E-state index contributed by atoms with van der Waals surface area (Å²) in [6.45, 7) is 12.6. The number of alkyl halides is 3. The van der Waals surface area contributed by atoms with Crippen molar-refractivity contribution in [3.8, 4) is 0 Å². The number of hydrogen-bond acceptors (Lipinski definition) is 7. The second kappa shape index (κ2) is 9.39. The summed E-state index contributed by atoms with van der Waals surface area (Å²) in [7, 11) is -0.655. The molecule has 0 radical (unpaired) electrons. The predicted octanol–water partition coefficient (Wildman–Crippen LogP) is 3.91. The van der Waals surface area contributed by atoms with Crippen LogP contribution in [0.2, 0.25) is 0 Å². The molecule has 0 spiro atoms. The van der Waals surface area contributed by atoms with E-state index in [1.807, 2.05) is 66.7 Å². The number of hydrogen-bond donors (Lipinski definition) is 1. The molecule has 2 aliphatic rings. The van der Waals surface area contributed by atoms with E-state index in [0.717, 1.165) is 5.56 Å². The topological polar surface area (TPSA) is 89.7 Å². The number of rotatable bonds is 4. The summed E-state index contributed by atoms with van der Waals surface area (Å²) in [5.41, 5.74) is 0.576. The molecule has 1 amide bonds. The van der Waals surface area contributed by atoms with Gasteiger partial charge in [0.2, 0.25) is 5.89 Å². The van der Waals surface area contributed by atoms with E-state index in [-0.39, 0.29) is 25.3 Å². The van der Waals surface area contributed by atoms with Crippen LogP contribution in [0, 0.1) is 0 Å². The van der Waals surface area contributed by atoms with Crippen molar-refractivity contribution in [2.45, 2.75) is 90.3 Å². The van der Waals surface area contributed by atoms with Crippen molar-refractivity contribution in [3.05, 3.63) is 41.0 Å². The Hall–Kier alpha value is -2.44. The third-order valence-electron chi connectivity index (χ3n) is 7.17.